The van der Waals surface area contributed by atoms with Crippen LogP contribution in [0.15, 0.2) is 231 Å². The van der Waals surface area contributed by atoms with Gasteiger partial charge < -0.3 is 74.0 Å². The van der Waals surface area contributed by atoms with E-state index < -0.39 is 0 Å². The summed E-state index contributed by atoms with van der Waals surface area (Å²) in [5.41, 5.74) is 17.2. The first-order chi connectivity index (χ1) is 63.2. The summed E-state index contributed by atoms with van der Waals surface area (Å²) in [5, 5.41) is 56.0. The summed E-state index contributed by atoms with van der Waals surface area (Å²) in [5.74, 6) is 13.1. The van der Waals surface area contributed by atoms with Gasteiger partial charge in [0.25, 0.3) is 0 Å². The molecule has 0 spiro atoms. The van der Waals surface area contributed by atoms with E-state index in [0.29, 0.717) is 0 Å². The molecule has 7 aliphatic heterocycles. The first-order valence-electron chi connectivity index (χ1n) is 46.6. The molecule has 0 aromatic heterocycles. The van der Waals surface area contributed by atoms with Gasteiger partial charge in [-0.15, -0.1) is 0 Å². The maximum absolute atomic E-state index is 7.00. The average molecular weight is 1900 g/mol. The van der Waals surface area contributed by atoms with Gasteiger partial charge in [0.15, 0.2) is 11.5 Å². The standard InChI is InChI=1S/3C20H14O2.C13H10O.4C4H10.8C2H6.8CH4O.8CH4/c1-4-8-18-13(5-1)11-15-9-10-19-16(20(15)22-18)12-14-6-2-3-7-17(14)21-19;1-3-7-17-13(5-1)9-15-11-16-10-14-6-2-4-8-18(14)22-20(16)12-19(15)21-17;1-3-7-17-13(5-1)11-15-9-10-16-12-14-6-2-4-8-18(14)22-20(16)19(15)21-17;1-3-7-12-10(5-1)9-11-6-2-4-8-13(11)14-12;4*1-3-4-2;16*1-2;;;;;;;;/h1-10H,11-12H2;1-8,11-12H,9-10H2;1-10H,11-12H2;1-8H,9H2;4*3-4H2,1-2H3;8*1-2H3;8*2H,1H3;8*1H4. The van der Waals surface area contributed by atoms with E-state index in [0.717, 1.165) is 188 Å². The molecule has 11 aromatic rings. The van der Waals surface area contributed by atoms with Gasteiger partial charge in [-0.3, -0.25) is 0 Å². The summed E-state index contributed by atoms with van der Waals surface area (Å²) in [6.45, 7) is 49.4. The van der Waals surface area contributed by atoms with Crippen molar-refractivity contribution in [2.45, 2.75) is 322 Å². The molecule has 15 heteroatoms. The molecule has 0 saturated heterocycles. The molecule has 0 bridgehead atoms. The summed E-state index contributed by atoms with van der Waals surface area (Å²) in [7, 11) is 8.00. The number of fused-ring (bicyclic) bond motifs is 16. The van der Waals surface area contributed by atoms with E-state index in [1.165, 1.54) is 124 Å². The third kappa shape index (κ3) is 52.9. The number of aliphatic hydroxyl groups is 8. The Morgan fingerprint density at radius 3 is 0.529 bits per heavy atom. The summed E-state index contributed by atoms with van der Waals surface area (Å²) in [6, 6.07) is 78.5. The molecule has 15 nitrogen and oxygen atoms in total. The molecule has 18 rings (SSSR count). The number of para-hydroxylation sites is 8. The zero-order valence-electron chi connectivity index (χ0n) is 85.0. The van der Waals surface area contributed by atoms with Crippen molar-refractivity contribution in [1.29, 1.82) is 0 Å². The Hall–Kier alpha value is -10.3. The van der Waals surface area contributed by atoms with E-state index in [1.807, 2.05) is 214 Å². The molecular formula is C121H204O15. The largest absolute Gasteiger partial charge is 0.457 e. The number of rotatable bonds is 4. The fourth-order valence-electron chi connectivity index (χ4n) is 11.7. The summed E-state index contributed by atoms with van der Waals surface area (Å²) in [4.78, 5) is 0. The summed E-state index contributed by atoms with van der Waals surface area (Å²) >= 11 is 0. The molecule has 11 aromatic carbocycles. The number of benzene rings is 11. The predicted molar refractivity (Wildman–Crippen MR) is 603 cm³/mol. The SMILES string of the molecule is C.C.C.C.C.C.C.C.CC.CC.CC.CC.CC.CC.CC.CC.CCCC.CCCC.CCCC.CCCC.CO.CO.CO.CO.CO.CO.CO.CO.c1ccc2c(c1)Cc1c(ccc3c1Oc1ccccc1C3)O2.c1ccc2c(c1)Cc1cc3c(cc1O2)Oc1ccccc1C3.c1ccc2c(c1)Cc1ccc3c(c1O2)Oc1ccccc1C3.c1ccc2c(c1)Cc1ccccc1O2. The maximum atomic E-state index is 7.00. The molecule has 0 saturated carbocycles. The minimum absolute atomic E-state index is 0. The van der Waals surface area contributed by atoms with Crippen LogP contribution in [-0.2, 0) is 44.9 Å². The van der Waals surface area contributed by atoms with Crippen LogP contribution in [0, 0.1) is 0 Å². The van der Waals surface area contributed by atoms with Crippen molar-refractivity contribution in [3.05, 3.63) is 308 Å². The smallest absolute Gasteiger partial charge is 0.173 e. The molecule has 7 aliphatic rings. The van der Waals surface area contributed by atoms with Crippen LogP contribution in [0.25, 0.3) is 0 Å². The third-order valence-electron chi connectivity index (χ3n) is 17.8. The van der Waals surface area contributed by atoms with Crippen molar-refractivity contribution >= 4 is 0 Å². The van der Waals surface area contributed by atoms with Crippen molar-refractivity contribution in [1.82, 2.24) is 0 Å². The molecule has 0 atom stereocenters. The van der Waals surface area contributed by atoms with Crippen LogP contribution >= 0.6 is 0 Å². The lowest BCUT2D eigenvalue weighted by atomic mass is 9.93. The van der Waals surface area contributed by atoms with Crippen molar-refractivity contribution in [3.63, 3.8) is 0 Å². The van der Waals surface area contributed by atoms with Crippen molar-refractivity contribution < 1.29 is 74.0 Å². The zero-order chi connectivity index (χ0) is 98.6. The fourth-order valence-corrected chi connectivity index (χ4v) is 11.7. The van der Waals surface area contributed by atoms with Gasteiger partial charge in [-0.25, -0.2) is 0 Å². The lowest BCUT2D eigenvalue weighted by molar-refractivity contribution is 0.395. The fraction of sp³-hybridized carbons (Fsp3) is 0.455. The molecule has 136 heavy (non-hydrogen) atoms. The van der Waals surface area contributed by atoms with E-state index in [-0.39, 0.29) is 59.4 Å². The minimum atomic E-state index is 0. The molecule has 0 unspecified atom stereocenters. The Kier molecular flexibility index (Phi) is 123. The Morgan fingerprint density at radius 1 is 0.154 bits per heavy atom. The molecule has 0 aliphatic carbocycles. The molecule has 7 heterocycles. The first kappa shape index (κ1) is 157. The molecule has 0 radical (unpaired) electrons. The van der Waals surface area contributed by atoms with Crippen LogP contribution in [-0.4, -0.2) is 97.7 Å². The van der Waals surface area contributed by atoms with Gasteiger partial charge in [-0.2, -0.15) is 0 Å². The molecule has 0 fully saturated rings. The quantitative estimate of drug-likeness (QED) is 0.0820. The second-order valence-corrected chi connectivity index (χ2v) is 25.0. The van der Waals surface area contributed by atoms with Gasteiger partial charge >= 0.3 is 0 Å². The number of hydrogen-bond donors (Lipinski definition) is 8. The van der Waals surface area contributed by atoms with Crippen LogP contribution in [0.3, 0.4) is 0 Å². The van der Waals surface area contributed by atoms with Crippen molar-refractivity contribution in [2.24, 2.45) is 0 Å². The number of unbranched alkanes of at least 4 members (excludes halogenated alkanes) is 4. The van der Waals surface area contributed by atoms with Gasteiger partial charge in [0.05, 0.1) is 0 Å². The van der Waals surface area contributed by atoms with Crippen LogP contribution in [0.2, 0.25) is 0 Å². The van der Waals surface area contributed by atoms with E-state index in [2.05, 4.69) is 183 Å². The lowest BCUT2D eigenvalue weighted by Gasteiger charge is -2.27. The highest BCUT2D eigenvalue weighted by molar-refractivity contribution is 5.65. The second kappa shape index (κ2) is 107. The van der Waals surface area contributed by atoms with Gasteiger partial charge in [0, 0.05) is 125 Å². The van der Waals surface area contributed by atoms with Crippen molar-refractivity contribution in [2.75, 3.05) is 56.9 Å². The van der Waals surface area contributed by atoms with E-state index in [1.54, 1.807) is 0 Å². The first-order valence-corrected chi connectivity index (χ1v) is 46.6. The van der Waals surface area contributed by atoms with Crippen LogP contribution in [0.1, 0.15) is 355 Å². The molecule has 778 valence electrons. The zero-order valence-corrected chi connectivity index (χ0v) is 85.0. The normalized spacial score (nSPS) is 9.59. The summed E-state index contributed by atoms with van der Waals surface area (Å²) in [6.07, 6.45) is 16.9. The second-order valence-electron chi connectivity index (χ2n) is 25.0. The van der Waals surface area contributed by atoms with E-state index in [9.17, 15) is 0 Å². The highest BCUT2D eigenvalue weighted by Gasteiger charge is 2.29. The molecular weight excluding hydrogens is 1690 g/mol. The number of aliphatic hydroxyl groups excluding tert-OH is 8. The molecule has 8 N–H and O–H groups in total. The Morgan fingerprint density at radius 2 is 0.309 bits per heavy atom. The maximum Gasteiger partial charge on any atom is 0.173 e. The molecule has 0 amide bonds. The van der Waals surface area contributed by atoms with Gasteiger partial charge in [0.2, 0.25) is 0 Å². The average Bonchev–Trinajstić information content (AvgIpc) is 0.776. The Bertz CT molecular complexity index is 3820. The van der Waals surface area contributed by atoms with Gasteiger partial charge in [0.1, 0.15) is 69.0 Å². The predicted octanol–water partition coefficient (Wildman–Crippen LogP) is 36.0. The topological polar surface area (TPSA) is 226 Å². The van der Waals surface area contributed by atoms with Gasteiger partial charge in [-0.05, 0) is 122 Å². The van der Waals surface area contributed by atoms with Crippen LogP contribution < -0.4 is 33.2 Å². The minimum Gasteiger partial charge on any atom is -0.457 e. The van der Waals surface area contributed by atoms with Gasteiger partial charge in [-0.1, -0.05) is 441 Å². The van der Waals surface area contributed by atoms with Crippen LogP contribution in [0.4, 0.5) is 0 Å². The number of ether oxygens (including phenoxy) is 7. The Labute approximate surface area is 836 Å². The summed E-state index contributed by atoms with van der Waals surface area (Å²) < 4.78 is 42.5. The monoisotopic (exact) mass is 1900 g/mol. The van der Waals surface area contributed by atoms with E-state index in [4.69, 9.17) is 74.0 Å². The third-order valence-corrected chi connectivity index (χ3v) is 17.8. The van der Waals surface area contributed by atoms with E-state index >= 15 is 0 Å². The van der Waals surface area contributed by atoms with Crippen molar-refractivity contribution in [3.8, 4) is 80.5 Å². The highest BCUT2D eigenvalue weighted by atomic mass is 16.5. The number of hydrogen-bond acceptors (Lipinski definition) is 15. The van der Waals surface area contributed by atoms with Crippen LogP contribution in [0.5, 0.6) is 80.5 Å². The lowest BCUT2D eigenvalue weighted by Crippen LogP contribution is -2.10. The Balaban J connectivity index is -0.000000104. The highest BCUT2D eigenvalue weighted by Crippen LogP contribution is 2.51.